The van der Waals surface area contributed by atoms with Crippen LogP contribution >= 0.6 is 0 Å². The Morgan fingerprint density at radius 2 is 1.56 bits per heavy atom. The van der Waals surface area contributed by atoms with Crippen molar-refractivity contribution in [2.45, 2.75) is 19.3 Å². The standard InChI is InChI=1S/C16H19NO/c17-13-7-6-9-14-8-4-5-12-16(14)18-15-10-2-1-3-11-15/h1-5,8,10-12H,6-7,9,13,17H2. The van der Waals surface area contributed by atoms with E-state index < -0.39 is 0 Å². The third kappa shape index (κ3) is 3.60. The summed E-state index contributed by atoms with van der Waals surface area (Å²) in [6.07, 6.45) is 3.17. The van der Waals surface area contributed by atoms with Crippen LogP contribution < -0.4 is 10.5 Å². The molecule has 0 saturated heterocycles. The lowest BCUT2D eigenvalue weighted by Gasteiger charge is -2.10. The van der Waals surface area contributed by atoms with Crippen molar-refractivity contribution in [3.05, 3.63) is 60.2 Å². The minimum atomic E-state index is 0.752. The molecule has 2 aromatic rings. The Labute approximate surface area is 108 Å². The first-order valence-electron chi connectivity index (χ1n) is 6.41. The largest absolute Gasteiger partial charge is 0.457 e. The highest BCUT2D eigenvalue weighted by Gasteiger charge is 2.03. The lowest BCUT2D eigenvalue weighted by atomic mass is 10.1. The molecule has 0 heterocycles. The molecule has 0 bridgehead atoms. The van der Waals surface area contributed by atoms with Crippen LogP contribution in [0.5, 0.6) is 11.5 Å². The van der Waals surface area contributed by atoms with Gasteiger partial charge in [-0.15, -0.1) is 0 Å². The number of unbranched alkanes of at least 4 members (excludes halogenated alkanes) is 1. The molecule has 18 heavy (non-hydrogen) atoms. The van der Waals surface area contributed by atoms with Gasteiger partial charge in [-0.2, -0.15) is 0 Å². The van der Waals surface area contributed by atoms with Crippen molar-refractivity contribution in [1.82, 2.24) is 0 Å². The van der Waals surface area contributed by atoms with Crippen molar-refractivity contribution in [2.75, 3.05) is 6.54 Å². The van der Waals surface area contributed by atoms with Crippen LogP contribution in [0.3, 0.4) is 0 Å². The summed E-state index contributed by atoms with van der Waals surface area (Å²) in [5, 5.41) is 0. The van der Waals surface area contributed by atoms with Gasteiger partial charge in [0, 0.05) is 0 Å². The molecule has 0 saturated carbocycles. The molecule has 94 valence electrons. The second-order valence-corrected chi connectivity index (χ2v) is 4.27. The first-order chi connectivity index (χ1) is 8.90. The van der Waals surface area contributed by atoms with E-state index in [0.717, 1.165) is 37.3 Å². The molecule has 0 atom stereocenters. The van der Waals surface area contributed by atoms with Gasteiger partial charge in [-0.3, -0.25) is 0 Å². The number of ether oxygens (including phenoxy) is 1. The van der Waals surface area contributed by atoms with Gasteiger partial charge in [0.2, 0.25) is 0 Å². The van der Waals surface area contributed by atoms with Crippen LogP contribution in [-0.4, -0.2) is 6.54 Å². The molecule has 0 spiro atoms. The molecular weight excluding hydrogens is 222 g/mol. The number of rotatable bonds is 6. The molecule has 2 nitrogen and oxygen atoms in total. The van der Waals surface area contributed by atoms with Crippen LogP contribution in [0.25, 0.3) is 0 Å². The summed E-state index contributed by atoms with van der Waals surface area (Å²) in [6.45, 7) is 0.752. The summed E-state index contributed by atoms with van der Waals surface area (Å²) in [7, 11) is 0. The molecule has 0 fully saturated rings. The summed E-state index contributed by atoms with van der Waals surface area (Å²) in [5.41, 5.74) is 6.77. The number of nitrogens with two attached hydrogens (primary N) is 1. The van der Waals surface area contributed by atoms with Crippen molar-refractivity contribution in [1.29, 1.82) is 0 Å². The van der Waals surface area contributed by atoms with E-state index in [0.29, 0.717) is 0 Å². The second kappa shape index (κ2) is 6.82. The van der Waals surface area contributed by atoms with Gasteiger partial charge < -0.3 is 10.5 Å². The zero-order chi connectivity index (χ0) is 12.6. The molecule has 2 heteroatoms. The summed E-state index contributed by atoms with van der Waals surface area (Å²) in [4.78, 5) is 0. The molecule has 0 aliphatic carbocycles. The number of aryl methyl sites for hydroxylation is 1. The average molecular weight is 241 g/mol. The Balaban J connectivity index is 2.07. The van der Waals surface area contributed by atoms with E-state index in [2.05, 4.69) is 12.1 Å². The van der Waals surface area contributed by atoms with E-state index >= 15 is 0 Å². The summed E-state index contributed by atoms with van der Waals surface area (Å²) < 4.78 is 5.91. The molecule has 2 N–H and O–H groups in total. The van der Waals surface area contributed by atoms with E-state index in [-0.39, 0.29) is 0 Å². The maximum absolute atomic E-state index is 5.91. The van der Waals surface area contributed by atoms with Gasteiger partial charge in [0.05, 0.1) is 0 Å². The van der Waals surface area contributed by atoms with Gasteiger partial charge in [0.15, 0.2) is 0 Å². The predicted octanol–water partition coefficient (Wildman–Crippen LogP) is 3.76. The lowest BCUT2D eigenvalue weighted by molar-refractivity contribution is 0.475. The van der Waals surface area contributed by atoms with Crippen LogP contribution in [-0.2, 0) is 6.42 Å². The first-order valence-corrected chi connectivity index (χ1v) is 6.41. The number of hydrogen-bond acceptors (Lipinski definition) is 2. The molecule has 2 rings (SSSR count). The Kier molecular flexibility index (Phi) is 4.79. The van der Waals surface area contributed by atoms with Crippen LogP contribution in [0.2, 0.25) is 0 Å². The van der Waals surface area contributed by atoms with Gasteiger partial charge in [0.25, 0.3) is 0 Å². The second-order valence-electron chi connectivity index (χ2n) is 4.27. The average Bonchev–Trinajstić information content (AvgIpc) is 2.42. The Hall–Kier alpha value is -1.80. The smallest absolute Gasteiger partial charge is 0.130 e. The zero-order valence-corrected chi connectivity index (χ0v) is 10.5. The summed E-state index contributed by atoms with van der Waals surface area (Å²) in [5.74, 6) is 1.82. The Bertz CT molecular complexity index is 468. The van der Waals surface area contributed by atoms with E-state index in [1.165, 1.54) is 5.56 Å². The quantitative estimate of drug-likeness (QED) is 0.781. The molecule has 0 amide bonds. The zero-order valence-electron chi connectivity index (χ0n) is 10.5. The van der Waals surface area contributed by atoms with Gasteiger partial charge in [0.1, 0.15) is 11.5 Å². The molecule has 0 aliphatic rings. The van der Waals surface area contributed by atoms with Crippen LogP contribution in [0, 0.1) is 0 Å². The molecule has 0 radical (unpaired) electrons. The highest BCUT2D eigenvalue weighted by atomic mass is 16.5. The van der Waals surface area contributed by atoms with Crippen LogP contribution in [0.1, 0.15) is 18.4 Å². The molecule has 0 aliphatic heterocycles. The molecular formula is C16H19NO. The minimum absolute atomic E-state index is 0.752. The Morgan fingerprint density at radius 3 is 2.33 bits per heavy atom. The fraction of sp³-hybridized carbons (Fsp3) is 0.250. The fourth-order valence-electron chi connectivity index (χ4n) is 1.89. The maximum atomic E-state index is 5.91. The normalized spacial score (nSPS) is 10.3. The van der Waals surface area contributed by atoms with E-state index in [1.807, 2.05) is 42.5 Å². The van der Waals surface area contributed by atoms with Crippen LogP contribution in [0.15, 0.2) is 54.6 Å². The number of benzene rings is 2. The maximum Gasteiger partial charge on any atom is 0.130 e. The van der Waals surface area contributed by atoms with Crippen molar-refractivity contribution < 1.29 is 4.74 Å². The SMILES string of the molecule is NCCCCc1ccccc1Oc1ccccc1. The predicted molar refractivity (Wildman–Crippen MR) is 75.0 cm³/mol. The lowest BCUT2D eigenvalue weighted by Crippen LogP contribution is -1.99. The minimum Gasteiger partial charge on any atom is -0.457 e. The van der Waals surface area contributed by atoms with Gasteiger partial charge >= 0.3 is 0 Å². The van der Waals surface area contributed by atoms with Gasteiger partial charge in [-0.25, -0.2) is 0 Å². The van der Waals surface area contributed by atoms with Gasteiger partial charge in [-0.05, 0) is 49.6 Å². The van der Waals surface area contributed by atoms with Crippen molar-refractivity contribution >= 4 is 0 Å². The number of hydrogen-bond donors (Lipinski definition) is 1. The Morgan fingerprint density at radius 1 is 0.833 bits per heavy atom. The monoisotopic (exact) mass is 241 g/mol. The highest BCUT2D eigenvalue weighted by Crippen LogP contribution is 2.26. The van der Waals surface area contributed by atoms with E-state index in [9.17, 15) is 0 Å². The number of para-hydroxylation sites is 2. The van der Waals surface area contributed by atoms with Crippen molar-refractivity contribution in [3.63, 3.8) is 0 Å². The van der Waals surface area contributed by atoms with E-state index in [1.54, 1.807) is 0 Å². The highest BCUT2D eigenvalue weighted by molar-refractivity contribution is 5.37. The molecule has 2 aromatic carbocycles. The topological polar surface area (TPSA) is 35.2 Å². The van der Waals surface area contributed by atoms with Crippen LogP contribution in [0.4, 0.5) is 0 Å². The van der Waals surface area contributed by atoms with Gasteiger partial charge in [-0.1, -0.05) is 36.4 Å². The summed E-state index contributed by atoms with van der Waals surface area (Å²) >= 11 is 0. The molecule has 0 unspecified atom stereocenters. The first kappa shape index (κ1) is 12.7. The fourth-order valence-corrected chi connectivity index (χ4v) is 1.89. The van der Waals surface area contributed by atoms with E-state index in [4.69, 9.17) is 10.5 Å². The molecule has 0 aromatic heterocycles. The third-order valence-electron chi connectivity index (χ3n) is 2.84. The van der Waals surface area contributed by atoms with Crippen molar-refractivity contribution in [3.8, 4) is 11.5 Å². The van der Waals surface area contributed by atoms with Crippen molar-refractivity contribution in [2.24, 2.45) is 5.73 Å². The summed E-state index contributed by atoms with van der Waals surface area (Å²) in [6, 6.07) is 18.1. The third-order valence-corrected chi connectivity index (χ3v) is 2.84.